The molecule has 0 bridgehead atoms. The van der Waals surface area contributed by atoms with Crippen LogP contribution in [0.1, 0.15) is 65.2 Å². The van der Waals surface area contributed by atoms with Gasteiger partial charge in [-0.25, -0.2) is 0 Å². The number of amides is 1. The summed E-state index contributed by atoms with van der Waals surface area (Å²) < 4.78 is 0. The Labute approximate surface area is 145 Å². The summed E-state index contributed by atoms with van der Waals surface area (Å²) in [6.07, 6.45) is 9.49. The molecule has 2 nitrogen and oxygen atoms in total. The van der Waals surface area contributed by atoms with Crippen LogP contribution in [0.3, 0.4) is 0 Å². The number of carbonyl (C=O) groups is 1. The summed E-state index contributed by atoms with van der Waals surface area (Å²) >= 11 is 6.16. The zero-order valence-electron chi connectivity index (χ0n) is 14.8. The van der Waals surface area contributed by atoms with Crippen molar-refractivity contribution >= 4 is 17.5 Å². The van der Waals surface area contributed by atoms with E-state index in [1.54, 1.807) is 0 Å². The Balaban J connectivity index is 1.66. The van der Waals surface area contributed by atoms with Gasteiger partial charge >= 0.3 is 0 Å². The maximum Gasteiger partial charge on any atom is 0.222 e. The Morgan fingerprint density at radius 3 is 2.61 bits per heavy atom. The molecule has 23 heavy (non-hydrogen) atoms. The number of fused-ring (bicyclic) bond motifs is 5. The monoisotopic (exact) mass is 335 g/mol. The second kappa shape index (κ2) is 5.25. The fourth-order valence-electron chi connectivity index (χ4n) is 7.18. The number of rotatable bonds is 0. The average molecular weight is 336 g/mol. The normalized spacial score (nSPS) is 51.4. The second-order valence-corrected chi connectivity index (χ2v) is 9.33. The number of hydrogen-bond donors (Lipinski definition) is 0. The topological polar surface area (TPSA) is 20.3 Å². The average Bonchev–Trinajstić information content (AvgIpc) is 2.88. The van der Waals surface area contributed by atoms with Gasteiger partial charge in [-0.1, -0.05) is 31.0 Å². The SMILES string of the molecule is CN1C(=O)CC[C@]2(C)[C@H]3CC[C@]4(C)C(=CCl)CC[C@H]4[C@@H]3CC[C@@H]12. The molecular weight excluding hydrogens is 306 g/mol. The molecule has 3 heteroatoms. The van der Waals surface area contributed by atoms with Crippen molar-refractivity contribution in [2.24, 2.45) is 28.6 Å². The molecule has 3 aliphatic carbocycles. The molecule has 0 aromatic carbocycles. The van der Waals surface area contributed by atoms with E-state index in [2.05, 4.69) is 18.7 Å². The molecule has 0 radical (unpaired) electrons. The van der Waals surface area contributed by atoms with E-state index in [-0.39, 0.29) is 0 Å². The predicted molar refractivity (Wildman–Crippen MR) is 94.1 cm³/mol. The first kappa shape index (κ1) is 16.0. The third-order valence-electron chi connectivity index (χ3n) is 8.54. The van der Waals surface area contributed by atoms with Crippen LogP contribution < -0.4 is 0 Å². The van der Waals surface area contributed by atoms with E-state index < -0.39 is 0 Å². The standard InChI is InChI=1S/C20H30ClNO/c1-19-10-8-16-14(15(19)6-4-13(19)12-21)5-7-17-20(16,2)11-9-18(23)22(17)3/h12,14-17H,4-11H2,1-3H3/t14-,15-,16-,17+,19+,20+/m0/s1. The molecule has 1 aliphatic heterocycles. The Bertz CT molecular complexity index is 558. The molecule has 1 saturated heterocycles. The van der Waals surface area contributed by atoms with Crippen molar-refractivity contribution in [1.29, 1.82) is 0 Å². The van der Waals surface area contributed by atoms with Crippen molar-refractivity contribution in [1.82, 2.24) is 4.90 Å². The Kier molecular flexibility index (Phi) is 3.65. The Morgan fingerprint density at radius 2 is 1.87 bits per heavy atom. The third-order valence-corrected chi connectivity index (χ3v) is 8.80. The second-order valence-electron chi connectivity index (χ2n) is 9.11. The summed E-state index contributed by atoms with van der Waals surface area (Å²) in [6.45, 7) is 4.97. The number of piperidine rings is 1. The van der Waals surface area contributed by atoms with Crippen LogP contribution in [0, 0.1) is 28.6 Å². The van der Waals surface area contributed by atoms with Crippen molar-refractivity contribution in [2.45, 2.75) is 71.3 Å². The molecule has 128 valence electrons. The molecule has 1 heterocycles. The molecule has 1 amide bonds. The van der Waals surface area contributed by atoms with Crippen molar-refractivity contribution in [3.8, 4) is 0 Å². The highest BCUT2D eigenvalue weighted by Crippen LogP contribution is 2.66. The highest BCUT2D eigenvalue weighted by Gasteiger charge is 2.59. The molecule has 0 N–H and O–H groups in total. The van der Waals surface area contributed by atoms with Crippen molar-refractivity contribution < 1.29 is 4.79 Å². The van der Waals surface area contributed by atoms with Crippen molar-refractivity contribution in [2.75, 3.05) is 7.05 Å². The highest BCUT2D eigenvalue weighted by molar-refractivity contribution is 6.25. The van der Waals surface area contributed by atoms with Crippen LogP contribution in [0.15, 0.2) is 11.1 Å². The first-order valence-electron chi connectivity index (χ1n) is 9.47. The summed E-state index contributed by atoms with van der Waals surface area (Å²) in [6, 6.07) is 0.471. The molecule has 4 fully saturated rings. The zero-order chi connectivity index (χ0) is 16.4. The van der Waals surface area contributed by atoms with Crippen LogP contribution >= 0.6 is 11.6 Å². The fraction of sp³-hybridized carbons (Fsp3) is 0.850. The lowest BCUT2D eigenvalue weighted by atomic mass is 9.47. The lowest BCUT2D eigenvalue weighted by Gasteiger charge is -2.61. The van der Waals surface area contributed by atoms with Crippen LogP contribution in [0.2, 0.25) is 0 Å². The molecule has 4 rings (SSSR count). The lowest BCUT2D eigenvalue weighted by molar-refractivity contribution is -0.156. The third kappa shape index (κ3) is 2.03. The minimum atomic E-state index is 0.334. The van der Waals surface area contributed by atoms with Crippen LogP contribution in [0.4, 0.5) is 0 Å². The maximum atomic E-state index is 12.2. The van der Waals surface area contributed by atoms with Crippen LogP contribution in [0.25, 0.3) is 0 Å². The van der Waals surface area contributed by atoms with Gasteiger partial charge in [0.25, 0.3) is 0 Å². The van der Waals surface area contributed by atoms with Gasteiger partial charge in [-0.15, -0.1) is 0 Å². The molecule has 6 atom stereocenters. The Hall–Kier alpha value is -0.500. The van der Waals surface area contributed by atoms with Crippen molar-refractivity contribution in [3.05, 3.63) is 11.1 Å². The van der Waals surface area contributed by atoms with Gasteiger partial charge in [0.15, 0.2) is 0 Å². The quantitative estimate of drug-likeness (QED) is 0.612. The van der Waals surface area contributed by atoms with Crippen LogP contribution in [-0.4, -0.2) is 23.9 Å². The lowest BCUT2D eigenvalue weighted by Crippen LogP contribution is -2.61. The Morgan fingerprint density at radius 1 is 1.09 bits per heavy atom. The molecule has 3 saturated carbocycles. The van der Waals surface area contributed by atoms with Gasteiger partial charge in [0, 0.05) is 25.0 Å². The van der Waals surface area contributed by atoms with Crippen LogP contribution in [0.5, 0.6) is 0 Å². The van der Waals surface area contributed by atoms with Crippen molar-refractivity contribution in [3.63, 3.8) is 0 Å². The first-order chi connectivity index (χ1) is 10.9. The van der Waals surface area contributed by atoms with Gasteiger partial charge < -0.3 is 4.90 Å². The molecule has 0 aromatic heterocycles. The fourth-order valence-corrected chi connectivity index (χ4v) is 7.54. The van der Waals surface area contributed by atoms with E-state index in [0.29, 0.717) is 22.8 Å². The number of carbonyl (C=O) groups excluding carboxylic acids is 1. The smallest absolute Gasteiger partial charge is 0.222 e. The summed E-state index contributed by atoms with van der Waals surface area (Å²) in [5.41, 5.74) is 4.08. The number of allylic oxidation sites excluding steroid dienone is 1. The van der Waals surface area contributed by atoms with E-state index >= 15 is 0 Å². The molecule has 4 aliphatic rings. The minimum absolute atomic E-state index is 0.334. The van der Waals surface area contributed by atoms with Gasteiger partial charge in [-0.2, -0.15) is 0 Å². The van der Waals surface area contributed by atoms with Gasteiger partial charge in [-0.3, -0.25) is 4.79 Å². The van der Waals surface area contributed by atoms with E-state index in [1.807, 2.05) is 12.6 Å². The summed E-state index contributed by atoms with van der Waals surface area (Å²) in [5, 5.41) is 0. The number of hydrogen-bond acceptors (Lipinski definition) is 1. The number of likely N-dealkylation sites (tertiary alicyclic amines) is 1. The van der Waals surface area contributed by atoms with E-state index in [4.69, 9.17) is 11.6 Å². The molecule has 0 aromatic rings. The predicted octanol–water partition coefficient (Wildman–Crippen LogP) is 4.97. The van der Waals surface area contributed by atoms with Gasteiger partial charge in [-0.05, 0) is 73.5 Å². The molecule has 0 spiro atoms. The van der Waals surface area contributed by atoms with E-state index in [9.17, 15) is 4.79 Å². The largest absolute Gasteiger partial charge is 0.342 e. The van der Waals surface area contributed by atoms with Crippen LogP contribution in [-0.2, 0) is 4.79 Å². The molecular formula is C20H30ClNO. The first-order valence-corrected chi connectivity index (χ1v) is 9.91. The highest BCUT2D eigenvalue weighted by atomic mass is 35.5. The number of halogens is 1. The zero-order valence-corrected chi connectivity index (χ0v) is 15.5. The van der Waals surface area contributed by atoms with E-state index in [0.717, 1.165) is 30.6 Å². The maximum absolute atomic E-state index is 12.2. The van der Waals surface area contributed by atoms with Gasteiger partial charge in [0.05, 0.1) is 0 Å². The molecule has 0 unspecified atom stereocenters. The van der Waals surface area contributed by atoms with E-state index in [1.165, 1.54) is 44.1 Å². The van der Waals surface area contributed by atoms with Gasteiger partial charge in [0.2, 0.25) is 5.91 Å². The summed E-state index contributed by atoms with van der Waals surface area (Å²) in [4.78, 5) is 14.3. The number of nitrogens with zero attached hydrogens (tertiary/aromatic N) is 1. The minimum Gasteiger partial charge on any atom is -0.342 e. The summed E-state index contributed by atoms with van der Waals surface area (Å²) in [7, 11) is 2.04. The summed E-state index contributed by atoms with van der Waals surface area (Å²) in [5.74, 6) is 2.81. The van der Waals surface area contributed by atoms with Gasteiger partial charge in [0.1, 0.15) is 0 Å².